The highest BCUT2D eigenvalue weighted by Crippen LogP contribution is 2.17. The fraction of sp³-hybridized carbons (Fsp3) is 0.933. The molecule has 1 atom stereocenters. The zero-order valence-corrected chi connectivity index (χ0v) is 19.0. The standard InChI is InChI=1S/C15H36O4Si3/c1-20(2,3)17-12-10-11-14(18-21(4,5)6)13-15(16)19-22(7,8)9/h14H,10-13H2,1-9H3. The highest BCUT2D eigenvalue weighted by molar-refractivity contribution is 6.71. The molecule has 0 N–H and O–H groups in total. The van der Waals surface area contributed by atoms with Crippen molar-refractivity contribution >= 4 is 30.9 Å². The van der Waals surface area contributed by atoms with Gasteiger partial charge in [0.1, 0.15) is 0 Å². The molecule has 1 unspecified atom stereocenters. The number of hydrogen-bond donors (Lipinski definition) is 0. The molecule has 0 heterocycles. The van der Waals surface area contributed by atoms with Crippen molar-refractivity contribution in [1.82, 2.24) is 0 Å². The molecule has 4 nitrogen and oxygen atoms in total. The summed E-state index contributed by atoms with van der Waals surface area (Å²) in [5, 5.41) is 0. The third-order valence-electron chi connectivity index (χ3n) is 2.54. The Morgan fingerprint density at radius 1 is 0.864 bits per heavy atom. The van der Waals surface area contributed by atoms with Crippen molar-refractivity contribution in [2.24, 2.45) is 0 Å². The van der Waals surface area contributed by atoms with Gasteiger partial charge in [0.15, 0.2) is 16.6 Å². The lowest BCUT2D eigenvalue weighted by Gasteiger charge is -2.27. The van der Waals surface area contributed by atoms with Crippen LogP contribution in [0, 0.1) is 0 Å². The third-order valence-corrected chi connectivity index (χ3v) is 5.49. The van der Waals surface area contributed by atoms with E-state index in [-0.39, 0.29) is 12.1 Å². The Morgan fingerprint density at radius 3 is 1.82 bits per heavy atom. The molecule has 0 aromatic rings. The molecule has 0 aliphatic heterocycles. The van der Waals surface area contributed by atoms with Crippen molar-refractivity contribution in [2.45, 2.75) is 84.3 Å². The van der Waals surface area contributed by atoms with E-state index in [1.54, 1.807) is 0 Å². The molecule has 0 aromatic heterocycles. The van der Waals surface area contributed by atoms with E-state index in [1.165, 1.54) is 0 Å². The van der Waals surface area contributed by atoms with Crippen molar-refractivity contribution in [2.75, 3.05) is 6.61 Å². The third kappa shape index (κ3) is 15.0. The summed E-state index contributed by atoms with van der Waals surface area (Å²) in [6.07, 6.45) is 2.11. The molecule has 0 fully saturated rings. The molecule has 0 rings (SSSR count). The van der Waals surface area contributed by atoms with Crippen molar-refractivity contribution in [1.29, 1.82) is 0 Å². The van der Waals surface area contributed by atoms with Gasteiger partial charge in [0.05, 0.1) is 12.5 Å². The van der Waals surface area contributed by atoms with Crippen LogP contribution in [-0.2, 0) is 18.1 Å². The van der Waals surface area contributed by atoms with Crippen molar-refractivity contribution in [3.05, 3.63) is 0 Å². The summed E-state index contributed by atoms with van der Waals surface area (Å²) in [6.45, 7) is 19.9. The van der Waals surface area contributed by atoms with Crippen LogP contribution in [0.5, 0.6) is 0 Å². The van der Waals surface area contributed by atoms with E-state index in [0.29, 0.717) is 6.42 Å². The molecule has 0 aliphatic rings. The first-order valence-corrected chi connectivity index (χ1v) is 18.4. The molecule has 0 saturated carbocycles. The average Bonchev–Trinajstić information content (AvgIpc) is 2.17. The zero-order valence-electron chi connectivity index (χ0n) is 16.0. The van der Waals surface area contributed by atoms with Gasteiger partial charge in [0.2, 0.25) is 8.32 Å². The predicted molar refractivity (Wildman–Crippen MR) is 101 cm³/mol. The first-order valence-electron chi connectivity index (χ1n) is 8.22. The summed E-state index contributed by atoms with van der Waals surface area (Å²) in [6, 6.07) is 0. The highest BCUT2D eigenvalue weighted by atomic mass is 28.4. The van der Waals surface area contributed by atoms with Gasteiger partial charge in [0, 0.05) is 6.61 Å². The maximum Gasteiger partial charge on any atom is 0.295 e. The first kappa shape index (κ1) is 22.0. The van der Waals surface area contributed by atoms with Crippen LogP contribution in [0.3, 0.4) is 0 Å². The van der Waals surface area contributed by atoms with Crippen LogP contribution in [0.1, 0.15) is 19.3 Å². The lowest BCUT2D eigenvalue weighted by molar-refractivity contribution is -0.137. The summed E-state index contributed by atoms with van der Waals surface area (Å²) >= 11 is 0. The van der Waals surface area contributed by atoms with Crippen LogP contribution in [0.4, 0.5) is 0 Å². The maximum atomic E-state index is 12.1. The van der Waals surface area contributed by atoms with Gasteiger partial charge in [-0.3, -0.25) is 4.79 Å². The molecule has 0 saturated heterocycles. The van der Waals surface area contributed by atoms with E-state index in [9.17, 15) is 4.79 Å². The van der Waals surface area contributed by atoms with Gasteiger partial charge in [-0.05, 0) is 71.8 Å². The SMILES string of the molecule is C[Si](C)(C)OCCCC(CC(=O)O[Si](C)(C)C)O[Si](C)(C)C. The van der Waals surface area contributed by atoms with Crippen LogP contribution in [-0.4, -0.2) is 43.6 Å². The fourth-order valence-corrected chi connectivity index (χ4v) is 4.69. The highest BCUT2D eigenvalue weighted by Gasteiger charge is 2.26. The summed E-state index contributed by atoms with van der Waals surface area (Å²) in [4.78, 5) is 12.1. The second-order valence-electron chi connectivity index (χ2n) is 8.75. The summed E-state index contributed by atoms with van der Waals surface area (Å²) in [7, 11) is -4.95. The molecule has 0 aromatic carbocycles. The van der Waals surface area contributed by atoms with Crippen molar-refractivity contribution in [3.63, 3.8) is 0 Å². The fourth-order valence-electron chi connectivity index (χ4n) is 1.96. The monoisotopic (exact) mass is 364 g/mol. The Hall–Kier alpha value is 0.0406. The Morgan fingerprint density at radius 2 is 1.41 bits per heavy atom. The summed E-state index contributed by atoms with van der Waals surface area (Å²) in [5.41, 5.74) is 0. The van der Waals surface area contributed by atoms with E-state index >= 15 is 0 Å². The molecule has 0 spiro atoms. The Labute approximate surface area is 140 Å². The number of carbonyl (C=O) groups excluding carboxylic acids is 1. The minimum absolute atomic E-state index is 0.0410. The lowest BCUT2D eigenvalue weighted by atomic mass is 10.1. The topological polar surface area (TPSA) is 44.8 Å². The molecule has 22 heavy (non-hydrogen) atoms. The van der Waals surface area contributed by atoms with Gasteiger partial charge in [-0.1, -0.05) is 0 Å². The molecule has 7 heteroatoms. The van der Waals surface area contributed by atoms with Crippen LogP contribution in [0.25, 0.3) is 0 Å². The van der Waals surface area contributed by atoms with E-state index in [1.807, 2.05) is 19.6 Å². The van der Waals surface area contributed by atoms with Crippen LogP contribution in [0.15, 0.2) is 0 Å². The normalized spacial score (nSPS) is 14.8. The number of hydrogen-bond acceptors (Lipinski definition) is 4. The smallest absolute Gasteiger partial charge is 0.295 e. The number of carbonyl (C=O) groups is 1. The molecule has 0 bridgehead atoms. The number of rotatable bonds is 10. The molecule has 0 radical (unpaired) electrons. The lowest BCUT2D eigenvalue weighted by Crippen LogP contribution is -2.36. The minimum Gasteiger partial charge on any atom is -0.520 e. The minimum atomic E-state index is -1.82. The van der Waals surface area contributed by atoms with Crippen LogP contribution >= 0.6 is 0 Å². The quantitative estimate of drug-likeness (QED) is 0.419. The Balaban J connectivity index is 4.41. The van der Waals surface area contributed by atoms with E-state index in [4.69, 9.17) is 13.3 Å². The second kappa shape index (κ2) is 8.77. The summed E-state index contributed by atoms with van der Waals surface area (Å²) < 4.78 is 17.6. The van der Waals surface area contributed by atoms with Crippen LogP contribution in [0.2, 0.25) is 58.9 Å². The molecular formula is C15H36O4Si3. The van der Waals surface area contributed by atoms with Crippen molar-refractivity contribution < 1.29 is 18.1 Å². The van der Waals surface area contributed by atoms with Gasteiger partial charge >= 0.3 is 0 Å². The van der Waals surface area contributed by atoms with Gasteiger partial charge < -0.3 is 13.3 Å². The Kier molecular flexibility index (Phi) is 8.79. The molecule has 132 valence electrons. The van der Waals surface area contributed by atoms with Gasteiger partial charge in [0.25, 0.3) is 5.97 Å². The maximum absolute atomic E-state index is 12.1. The zero-order chi connectivity index (χ0) is 17.6. The van der Waals surface area contributed by atoms with Gasteiger partial charge in [-0.15, -0.1) is 0 Å². The van der Waals surface area contributed by atoms with Crippen molar-refractivity contribution in [3.8, 4) is 0 Å². The Bertz CT molecular complexity index is 340. The van der Waals surface area contributed by atoms with E-state index in [2.05, 4.69) is 39.3 Å². The molecule has 0 aliphatic carbocycles. The van der Waals surface area contributed by atoms with E-state index < -0.39 is 25.0 Å². The second-order valence-corrected chi connectivity index (χ2v) is 22.1. The first-order chi connectivity index (χ1) is 9.68. The average molecular weight is 365 g/mol. The molecular weight excluding hydrogens is 328 g/mol. The summed E-state index contributed by atoms with van der Waals surface area (Å²) in [5.74, 6) is -0.117. The van der Waals surface area contributed by atoms with E-state index in [0.717, 1.165) is 19.4 Å². The predicted octanol–water partition coefficient (Wildman–Crippen LogP) is 4.61. The van der Waals surface area contributed by atoms with Gasteiger partial charge in [-0.2, -0.15) is 0 Å². The van der Waals surface area contributed by atoms with Gasteiger partial charge in [-0.25, -0.2) is 0 Å². The van der Waals surface area contributed by atoms with Crippen LogP contribution < -0.4 is 0 Å². The molecule has 0 amide bonds. The largest absolute Gasteiger partial charge is 0.520 e.